The highest BCUT2D eigenvalue weighted by molar-refractivity contribution is 7.80. The lowest BCUT2D eigenvalue weighted by Gasteiger charge is -1.90. The molecule has 0 fully saturated rings. The van der Waals surface area contributed by atoms with Crippen molar-refractivity contribution in [1.82, 2.24) is 10.2 Å². The van der Waals surface area contributed by atoms with Gasteiger partial charge in [-0.3, -0.25) is 0 Å². The third-order valence-corrected chi connectivity index (χ3v) is 1.29. The van der Waals surface area contributed by atoms with Gasteiger partial charge in [0, 0.05) is 0 Å². The maximum Gasteiger partial charge on any atom is 0.131 e. The number of hydrogen-bond donors (Lipinski definition) is 1. The van der Waals surface area contributed by atoms with E-state index >= 15 is 0 Å². The molecule has 0 aliphatic heterocycles. The maximum atomic E-state index is 4.06. The molecule has 10 heavy (non-hydrogen) atoms. The van der Waals surface area contributed by atoms with Crippen molar-refractivity contribution in [2.45, 2.75) is 11.9 Å². The molecular formula is C7H6N2S. The van der Waals surface area contributed by atoms with Gasteiger partial charge in [0.15, 0.2) is 0 Å². The molecule has 2 nitrogen and oxygen atoms in total. The van der Waals surface area contributed by atoms with E-state index < -0.39 is 0 Å². The first kappa shape index (κ1) is 7.10. The number of hydrogen-bond acceptors (Lipinski definition) is 3. The summed E-state index contributed by atoms with van der Waals surface area (Å²) in [5.74, 6) is 5.61. The summed E-state index contributed by atoms with van der Waals surface area (Å²) < 4.78 is 0. The molecule has 0 radical (unpaired) electrons. The topological polar surface area (TPSA) is 25.8 Å². The van der Waals surface area contributed by atoms with Crippen molar-refractivity contribution in [3.8, 4) is 11.8 Å². The second kappa shape index (κ2) is 3.23. The summed E-state index contributed by atoms with van der Waals surface area (Å²) >= 11 is 4.06. The molecule has 0 saturated heterocycles. The standard InChI is InChI=1S/C7H6N2S/c1-2-3-6-4-5-8-9-7(6)10/h4-5H,1H3,(H,9,10). The molecule has 0 N–H and O–H groups in total. The molecular weight excluding hydrogens is 144 g/mol. The largest absolute Gasteiger partial charge is 0.158 e. The van der Waals surface area contributed by atoms with Crippen LogP contribution in [0.15, 0.2) is 17.3 Å². The molecule has 50 valence electrons. The van der Waals surface area contributed by atoms with Crippen LogP contribution in [0.1, 0.15) is 12.5 Å². The van der Waals surface area contributed by atoms with Crippen LogP contribution in [0.4, 0.5) is 0 Å². The highest BCUT2D eigenvalue weighted by Gasteiger charge is 1.92. The maximum absolute atomic E-state index is 4.06. The van der Waals surface area contributed by atoms with Crippen LogP contribution in [0.2, 0.25) is 0 Å². The van der Waals surface area contributed by atoms with Gasteiger partial charge in [0.2, 0.25) is 0 Å². The zero-order chi connectivity index (χ0) is 7.40. The number of thiol groups is 1. The van der Waals surface area contributed by atoms with Crippen LogP contribution in [0.25, 0.3) is 0 Å². The minimum Gasteiger partial charge on any atom is -0.158 e. The molecule has 1 aromatic heterocycles. The van der Waals surface area contributed by atoms with Crippen molar-refractivity contribution in [2.24, 2.45) is 0 Å². The van der Waals surface area contributed by atoms with Gasteiger partial charge in [0.05, 0.1) is 11.8 Å². The zero-order valence-electron chi connectivity index (χ0n) is 5.50. The number of rotatable bonds is 0. The Morgan fingerprint density at radius 2 is 2.40 bits per heavy atom. The monoisotopic (exact) mass is 150 g/mol. The van der Waals surface area contributed by atoms with Crippen LogP contribution in [0.3, 0.4) is 0 Å². The second-order valence-corrected chi connectivity index (χ2v) is 2.07. The summed E-state index contributed by atoms with van der Waals surface area (Å²) in [5, 5.41) is 7.92. The van der Waals surface area contributed by atoms with Crippen LogP contribution in [-0.2, 0) is 0 Å². The van der Waals surface area contributed by atoms with Gasteiger partial charge in [0.1, 0.15) is 5.03 Å². The van der Waals surface area contributed by atoms with E-state index in [1.807, 2.05) is 0 Å². The Balaban J connectivity index is 3.11. The van der Waals surface area contributed by atoms with E-state index in [4.69, 9.17) is 0 Å². The van der Waals surface area contributed by atoms with Crippen molar-refractivity contribution < 1.29 is 0 Å². The van der Waals surface area contributed by atoms with Crippen molar-refractivity contribution in [3.05, 3.63) is 17.8 Å². The minimum absolute atomic E-state index is 0.580. The van der Waals surface area contributed by atoms with Crippen LogP contribution >= 0.6 is 12.6 Å². The molecule has 0 spiro atoms. The van der Waals surface area contributed by atoms with Gasteiger partial charge in [0.25, 0.3) is 0 Å². The lowest BCUT2D eigenvalue weighted by molar-refractivity contribution is 0.926. The van der Waals surface area contributed by atoms with Crippen molar-refractivity contribution in [2.75, 3.05) is 0 Å². The van der Waals surface area contributed by atoms with Gasteiger partial charge in [-0.15, -0.1) is 23.6 Å². The normalized spacial score (nSPS) is 8.20. The van der Waals surface area contributed by atoms with Crippen molar-refractivity contribution >= 4 is 12.6 Å². The predicted octanol–water partition coefficient (Wildman–Crippen LogP) is 1.14. The summed E-state index contributed by atoms with van der Waals surface area (Å²) in [7, 11) is 0. The Kier molecular flexibility index (Phi) is 2.30. The van der Waals surface area contributed by atoms with E-state index in [1.165, 1.54) is 0 Å². The second-order valence-electron chi connectivity index (χ2n) is 1.64. The van der Waals surface area contributed by atoms with Crippen molar-refractivity contribution in [3.63, 3.8) is 0 Å². The first-order valence-electron chi connectivity index (χ1n) is 2.78. The highest BCUT2D eigenvalue weighted by Crippen LogP contribution is 2.05. The van der Waals surface area contributed by atoms with Crippen LogP contribution in [0.5, 0.6) is 0 Å². The third kappa shape index (κ3) is 1.49. The van der Waals surface area contributed by atoms with Gasteiger partial charge >= 0.3 is 0 Å². The lowest BCUT2D eigenvalue weighted by atomic mass is 10.3. The molecule has 0 aliphatic carbocycles. The summed E-state index contributed by atoms with van der Waals surface area (Å²) in [5.41, 5.74) is 0.820. The molecule has 0 amide bonds. The van der Waals surface area contributed by atoms with Crippen LogP contribution < -0.4 is 0 Å². The minimum atomic E-state index is 0.580. The predicted molar refractivity (Wildman–Crippen MR) is 41.8 cm³/mol. The Labute approximate surface area is 65.1 Å². The van der Waals surface area contributed by atoms with Crippen molar-refractivity contribution in [1.29, 1.82) is 0 Å². The van der Waals surface area contributed by atoms with E-state index in [2.05, 4.69) is 34.7 Å². The van der Waals surface area contributed by atoms with Crippen LogP contribution in [-0.4, -0.2) is 10.2 Å². The fraction of sp³-hybridized carbons (Fsp3) is 0.143. The Morgan fingerprint density at radius 3 is 3.00 bits per heavy atom. The van der Waals surface area contributed by atoms with E-state index in [0.717, 1.165) is 5.56 Å². The van der Waals surface area contributed by atoms with E-state index in [9.17, 15) is 0 Å². The average Bonchev–Trinajstić information content (AvgIpc) is 1.94. The molecule has 1 aromatic rings. The van der Waals surface area contributed by atoms with Gasteiger partial charge in [-0.25, -0.2) is 0 Å². The molecule has 0 aliphatic rings. The average molecular weight is 150 g/mol. The molecule has 0 unspecified atom stereocenters. The molecule has 0 atom stereocenters. The van der Waals surface area contributed by atoms with Crippen LogP contribution in [0, 0.1) is 11.8 Å². The van der Waals surface area contributed by atoms with E-state index in [0.29, 0.717) is 5.03 Å². The molecule has 3 heteroatoms. The number of aromatic nitrogens is 2. The van der Waals surface area contributed by atoms with E-state index in [-0.39, 0.29) is 0 Å². The first-order valence-corrected chi connectivity index (χ1v) is 3.22. The SMILES string of the molecule is CC#Cc1ccnnc1S. The fourth-order valence-corrected chi connectivity index (χ4v) is 0.739. The summed E-state index contributed by atoms with van der Waals surface area (Å²) in [6, 6.07) is 1.78. The quantitative estimate of drug-likeness (QED) is 0.443. The highest BCUT2D eigenvalue weighted by atomic mass is 32.1. The number of nitrogens with zero attached hydrogens (tertiary/aromatic N) is 2. The smallest absolute Gasteiger partial charge is 0.131 e. The molecule has 0 aromatic carbocycles. The van der Waals surface area contributed by atoms with E-state index in [1.54, 1.807) is 19.2 Å². The Morgan fingerprint density at radius 1 is 1.60 bits per heavy atom. The fourth-order valence-electron chi connectivity index (χ4n) is 0.557. The molecule has 1 heterocycles. The Bertz CT molecular complexity index is 285. The van der Waals surface area contributed by atoms with Gasteiger partial charge in [-0.1, -0.05) is 5.92 Å². The first-order chi connectivity index (χ1) is 4.84. The van der Waals surface area contributed by atoms with Gasteiger partial charge < -0.3 is 0 Å². The van der Waals surface area contributed by atoms with Gasteiger partial charge in [-0.05, 0) is 13.0 Å². The summed E-state index contributed by atoms with van der Waals surface area (Å²) in [6.07, 6.45) is 1.60. The Hall–Kier alpha value is -1.01. The molecule has 0 saturated carbocycles. The zero-order valence-corrected chi connectivity index (χ0v) is 6.39. The third-order valence-electron chi connectivity index (χ3n) is 0.961. The molecule has 0 bridgehead atoms. The van der Waals surface area contributed by atoms with Gasteiger partial charge in [-0.2, -0.15) is 5.10 Å². The molecule has 1 rings (SSSR count). The summed E-state index contributed by atoms with van der Waals surface area (Å²) in [6.45, 7) is 1.77. The summed E-state index contributed by atoms with van der Waals surface area (Å²) in [4.78, 5) is 0. The lowest BCUT2D eigenvalue weighted by Crippen LogP contribution is -1.85.